The van der Waals surface area contributed by atoms with Crippen LogP contribution in [0.5, 0.6) is 0 Å². The Kier molecular flexibility index (Phi) is 7.48. The standard InChI is InChI=1S/C29H18N3.C5H8O2.Ir/c1-18-14-26(30-17-25(18)19-8-3-2-4-9-19)20-15-24-23-12-7-11-22-21-10-5-6-13-27(21)32(28(22)23)29(24)31-16-20;1-4(6)3-5(2)7;/h2-15,17H,1H3;3,6H,1-2H3;/q-1;;/b;4-3-;. The number of pyridine rings is 2. The first kappa shape index (κ1) is 27.2. The van der Waals surface area contributed by atoms with Gasteiger partial charge in [0.05, 0.1) is 16.9 Å². The molecule has 7 rings (SSSR count). The van der Waals surface area contributed by atoms with Gasteiger partial charge >= 0.3 is 0 Å². The number of aliphatic hydroxyl groups excluding tert-OH is 1. The van der Waals surface area contributed by atoms with Gasteiger partial charge in [0.1, 0.15) is 0 Å². The number of aliphatic hydroxyl groups is 1. The van der Waals surface area contributed by atoms with Crippen molar-refractivity contribution in [1.29, 1.82) is 0 Å². The summed E-state index contributed by atoms with van der Waals surface area (Å²) >= 11 is 0. The fraction of sp³-hybridized carbons (Fsp3) is 0.0882. The van der Waals surface area contributed by atoms with Gasteiger partial charge < -0.3 is 19.5 Å². The predicted octanol–water partition coefficient (Wildman–Crippen LogP) is 8.10. The molecule has 4 aromatic heterocycles. The van der Waals surface area contributed by atoms with E-state index in [9.17, 15) is 4.79 Å². The molecule has 3 aromatic carbocycles. The predicted molar refractivity (Wildman–Crippen MR) is 158 cm³/mol. The van der Waals surface area contributed by atoms with Crippen molar-refractivity contribution in [3.63, 3.8) is 0 Å². The number of allylic oxidation sites excluding steroid dienone is 2. The van der Waals surface area contributed by atoms with Crippen LogP contribution in [0.25, 0.3) is 60.6 Å². The van der Waals surface area contributed by atoms with Crippen LogP contribution in [0.4, 0.5) is 0 Å². The van der Waals surface area contributed by atoms with Crippen LogP contribution in [0, 0.1) is 13.1 Å². The minimum atomic E-state index is -0.125. The van der Waals surface area contributed by atoms with Crippen LogP contribution in [0.15, 0.2) is 103 Å². The number of para-hydroxylation sites is 2. The zero-order valence-electron chi connectivity index (χ0n) is 22.3. The molecule has 0 atom stereocenters. The van der Waals surface area contributed by atoms with Gasteiger partial charge in [-0.2, -0.15) is 0 Å². The van der Waals surface area contributed by atoms with Gasteiger partial charge in [-0.1, -0.05) is 78.2 Å². The fourth-order valence-corrected chi connectivity index (χ4v) is 5.29. The first-order valence-corrected chi connectivity index (χ1v) is 12.8. The number of hydrogen-bond acceptors (Lipinski definition) is 4. The SMILES string of the molecule is CC(=O)/C=C(/C)O.Cc1cc(-c2[c-]nc3c(c2)c2cccc4c5ccccc5n3c42)ncc1-c1ccccc1.[Ir]. The molecule has 40 heavy (non-hydrogen) atoms. The number of rotatable bonds is 3. The molecule has 4 heterocycles. The maximum atomic E-state index is 10.0. The number of aromatic nitrogens is 3. The first-order valence-electron chi connectivity index (χ1n) is 12.8. The van der Waals surface area contributed by atoms with Gasteiger partial charge in [0.25, 0.3) is 0 Å². The largest absolute Gasteiger partial charge is 0.512 e. The molecule has 0 spiro atoms. The molecule has 1 N–H and O–H groups in total. The van der Waals surface area contributed by atoms with Crippen molar-refractivity contribution in [2.75, 3.05) is 0 Å². The van der Waals surface area contributed by atoms with Gasteiger partial charge in [-0.25, -0.2) is 0 Å². The molecule has 0 fully saturated rings. The third-order valence-corrected chi connectivity index (χ3v) is 6.89. The molecule has 0 unspecified atom stereocenters. The first-order chi connectivity index (χ1) is 18.9. The normalized spacial score (nSPS) is 11.5. The zero-order chi connectivity index (χ0) is 27.1. The number of fused-ring (bicyclic) bond motifs is 6. The van der Waals surface area contributed by atoms with Crippen LogP contribution in [0.1, 0.15) is 19.4 Å². The number of nitrogens with zero attached hydrogens (tertiary/aromatic N) is 3. The second kappa shape index (κ2) is 11.0. The summed E-state index contributed by atoms with van der Waals surface area (Å²) in [5.41, 5.74) is 8.68. The van der Waals surface area contributed by atoms with Gasteiger partial charge in [-0.3, -0.25) is 4.79 Å². The molecule has 0 saturated heterocycles. The summed E-state index contributed by atoms with van der Waals surface area (Å²) in [5, 5.41) is 13.2. The summed E-state index contributed by atoms with van der Waals surface area (Å²) in [6.07, 6.45) is 6.39. The Balaban J connectivity index is 0.000000362. The van der Waals surface area contributed by atoms with Crippen LogP contribution in [-0.2, 0) is 24.9 Å². The molecule has 7 aromatic rings. The maximum Gasteiger partial charge on any atom is 0.155 e. The zero-order valence-corrected chi connectivity index (χ0v) is 24.7. The Morgan fingerprint density at radius 2 is 1.55 bits per heavy atom. The van der Waals surface area contributed by atoms with Gasteiger partial charge in [-0.15, -0.1) is 11.6 Å². The van der Waals surface area contributed by atoms with Crippen molar-refractivity contribution in [1.82, 2.24) is 14.4 Å². The summed E-state index contributed by atoms with van der Waals surface area (Å²) in [4.78, 5) is 19.6. The summed E-state index contributed by atoms with van der Waals surface area (Å²) in [7, 11) is 0. The van der Waals surface area contributed by atoms with Crippen molar-refractivity contribution in [3.8, 4) is 22.4 Å². The Morgan fingerprint density at radius 3 is 2.23 bits per heavy atom. The van der Waals surface area contributed by atoms with Gasteiger partial charge in [-0.05, 0) is 55.2 Å². The summed E-state index contributed by atoms with van der Waals surface area (Å²) in [5.74, 6) is -0.0625. The average molecular weight is 701 g/mol. The van der Waals surface area contributed by atoms with Crippen molar-refractivity contribution < 1.29 is 30.0 Å². The topological polar surface area (TPSA) is 67.5 Å². The van der Waals surface area contributed by atoms with E-state index in [0.717, 1.165) is 27.9 Å². The van der Waals surface area contributed by atoms with E-state index in [1.54, 1.807) is 0 Å². The van der Waals surface area contributed by atoms with E-state index >= 15 is 0 Å². The van der Waals surface area contributed by atoms with Crippen molar-refractivity contribution in [2.45, 2.75) is 20.8 Å². The Labute approximate surface area is 245 Å². The second-order valence-electron chi connectivity index (χ2n) is 9.72. The molecule has 1 radical (unpaired) electrons. The molecule has 199 valence electrons. The Morgan fingerprint density at radius 1 is 0.875 bits per heavy atom. The average Bonchev–Trinajstić information content (AvgIpc) is 3.45. The molecule has 0 saturated carbocycles. The molecular weight excluding hydrogens is 675 g/mol. The number of hydrogen-bond donors (Lipinski definition) is 1. The van der Waals surface area contributed by atoms with E-state index in [-0.39, 0.29) is 31.6 Å². The molecule has 6 heteroatoms. The van der Waals surface area contributed by atoms with E-state index in [1.165, 1.54) is 58.2 Å². The van der Waals surface area contributed by atoms with Crippen LogP contribution < -0.4 is 0 Å². The Hall–Kier alpha value is -4.38. The number of carbonyl (C=O) groups is 1. The van der Waals surface area contributed by atoms with Gasteiger partial charge in [0, 0.05) is 54.2 Å². The van der Waals surface area contributed by atoms with E-state index in [2.05, 4.69) is 96.4 Å². The minimum Gasteiger partial charge on any atom is -0.512 e. The number of ketones is 1. The van der Waals surface area contributed by atoms with Crippen LogP contribution in [0.2, 0.25) is 0 Å². The smallest absolute Gasteiger partial charge is 0.155 e. The Bertz CT molecular complexity index is 2020. The summed E-state index contributed by atoms with van der Waals surface area (Å²) < 4.78 is 2.27. The third-order valence-electron chi connectivity index (χ3n) is 6.89. The van der Waals surface area contributed by atoms with Gasteiger partial charge in [0.15, 0.2) is 5.78 Å². The summed E-state index contributed by atoms with van der Waals surface area (Å²) in [6.45, 7) is 4.98. The number of aryl methyl sites for hydroxylation is 1. The quantitative estimate of drug-likeness (QED) is 0.115. The van der Waals surface area contributed by atoms with E-state index < -0.39 is 0 Å². The molecule has 0 bridgehead atoms. The van der Waals surface area contributed by atoms with Crippen molar-refractivity contribution >= 4 is 44.0 Å². The molecular formula is C34H26IrN3O2-. The summed E-state index contributed by atoms with van der Waals surface area (Å²) in [6, 6.07) is 29.7. The van der Waals surface area contributed by atoms with Gasteiger partial charge in [0.2, 0.25) is 0 Å². The number of carbonyl (C=O) groups excluding carboxylic acids is 1. The molecule has 0 amide bonds. The van der Waals surface area contributed by atoms with Crippen LogP contribution in [0.3, 0.4) is 0 Å². The van der Waals surface area contributed by atoms with E-state index in [1.807, 2.05) is 12.3 Å². The second-order valence-corrected chi connectivity index (χ2v) is 9.72. The molecule has 0 aliphatic rings. The van der Waals surface area contributed by atoms with E-state index in [4.69, 9.17) is 15.1 Å². The molecule has 5 nitrogen and oxygen atoms in total. The van der Waals surface area contributed by atoms with Crippen molar-refractivity contribution in [3.05, 3.63) is 115 Å². The van der Waals surface area contributed by atoms with Crippen LogP contribution in [-0.4, -0.2) is 25.3 Å². The maximum absolute atomic E-state index is 10.0. The van der Waals surface area contributed by atoms with E-state index in [0.29, 0.717) is 0 Å². The van der Waals surface area contributed by atoms with Crippen molar-refractivity contribution in [2.24, 2.45) is 0 Å². The fourth-order valence-electron chi connectivity index (χ4n) is 5.29. The molecule has 0 aliphatic heterocycles. The number of benzene rings is 3. The third kappa shape index (κ3) is 4.77. The van der Waals surface area contributed by atoms with Crippen LogP contribution >= 0.6 is 0 Å². The minimum absolute atomic E-state index is 0. The molecule has 0 aliphatic carbocycles. The monoisotopic (exact) mass is 701 g/mol.